The highest BCUT2D eigenvalue weighted by Gasteiger charge is 2.28. The predicted octanol–water partition coefficient (Wildman–Crippen LogP) is 1.07. The van der Waals surface area contributed by atoms with Gasteiger partial charge in [-0.3, -0.25) is 0 Å². The predicted molar refractivity (Wildman–Crippen MR) is 52.7 cm³/mol. The Hall–Kier alpha value is -0.680. The summed E-state index contributed by atoms with van der Waals surface area (Å²) in [5.41, 5.74) is 0. The summed E-state index contributed by atoms with van der Waals surface area (Å²) in [6.45, 7) is -5.89. The maximum absolute atomic E-state index is 7.82. The average Bonchev–Trinajstić information content (AvgIpc) is 2.32. The SMILES string of the molecule is [2H]c1nc(N2C([2H])([2H])C([2H])(OC([2H])([2H])[2H])C2([2H])[2H])nc([2H])c1Br. The van der Waals surface area contributed by atoms with Crippen LogP contribution in [0.5, 0.6) is 0 Å². The van der Waals surface area contributed by atoms with Crippen molar-refractivity contribution in [1.82, 2.24) is 9.97 Å². The molecule has 0 aliphatic carbocycles. The Bertz CT molecular complexity index is 610. The fraction of sp³-hybridized carbons (Fsp3) is 0.500. The zero-order valence-electron chi connectivity index (χ0n) is 16.1. The van der Waals surface area contributed by atoms with E-state index in [1.165, 1.54) is 0 Å². The molecule has 70 valence electrons. The standard InChI is InChI=1S/C8H10BrN3O/c1-13-7-4-12(5-7)8-10-2-6(9)3-11-8/h2-3,7H,4-5H2,1H3/i1D3,2D,3D,4D2,5D2,7D. The van der Waals surface area contributed by atoms with Gasteiger partial charge in [0.05, 0.1) is 24.3 Å². The van der Waals surface area contributed by atoms with Crippen molar-refractivity contribution < 1.29 is 18.4 Å². The lowest BCUT2D eigenvalue weighted by Gasteiger charge is -2.37. The molecule has 0 bridgehead atoms. The molecule has 0 atom stereocenters. The van der Waals surface area contributed by atoms with E-state index in [9.17, 15) is 0 Å². The molecule has 1 aromatic heterocycles. The number of methoxy groups -OCH3 is 1. The molecule has 1 saturated heterocycles. The summed E-state index contributed by atoms with van der Waals surface area (Å²) in [7, 11) is -3.20. The van der Waals surface area contributed by atoms with Crippen LogP contribution in [0.3, 0.4) is 0 Å². The minimum Gasteiger partial charge on any atom is -0.378 e. The summed E-state index contributed by atoms with van der Waals surface area (Å²) in [5.74, 6) is -0.657. The van der Waals surface area contributed by atoms with Gasteiger partial charge in [-0.15, -0.1) is 0 Å². The van der Waals surface area contributed by atoms with Gasteiger partial charge in [-0.1, -0.05) is 0 Å². The summed E-state index contributed by atoms with van der Waals surface area (Å²) >= 11 is 2.88. The Morgan fingerprint density at radius 1 is 1.85 bits per heavy atom. The van der Waals surface area contributed by atoms with E-state index in [0.717, 1.165) is 0 Å². The van der Waals surface area contributed by atoms with Crippen LogP contribution < -0.4 is 4.90 Å². The van der Waals surface area contributed by atoms with Crippen molar-refractivity contribution in [3.63, 3.8) is 0 Å². The Labute approximate surface area is 99.1 Å². The maximum Gasteiger partial charge on any atom is 0.225 e. The molecule has 0 radical (unpaired) electrons. The molecular formula is C8H10BrN3O. The number of hydrogen-bond acceptors (Lipinski definition) is 4. The maximum atomic E-state index is 7.82. The van der Waals surface area contributed by atoms with Gasteiger partial charge in [-0.05, 0) is 15.9 Å². The molecule has 13 heavy (non-hydrogen) atoms. The van der Waals surface area contributed by atoms with Crippen LogP contribution in [0, 0.1) is 0 Å². The molecule has 0 amide bonds. The Balaban J connectivity index is 2.51. The van der Waals surface area contributed by atoms with Gasteiger partial charge >= 0.3 is 0 Å². The number of aromatic nitrogens is 2. The molecule has 0 saturated carbocycles. The van der Waals surface area contributed by atoms with Crippen molar-refractivity contribution in [1.29, 1.82) is 0 Å². The third-order valence-electron chi connectivity index (χ3n) is 1.24. The van der Waals surface area contributed by atoms with Crippen LogP contribution in [0.25, 0.3) is 0 Å². The number of rotatable bonds is 2. The first kappa shape index (κ1) is 2.90. The highest BCUT2D eigenvalue weighted by atomic mass is 79.9. The molecular weight excluding hydrogens is 234 g/mol. The van der Waals surface area contributed by atoms with Gasteiger partial charge < -0.3 is 9.64 Å². The highest BCUT2D eigenvalue weighted by molar-refractivity contribution is 9.10. The van der Waals surface area contributed by atoms with E-state index >= 15 is 0 Å². The van der Waals surface area contributed by atoms with Gasteiger partial charge in [-0.25, -0.2) is 9.97 Å². The van der Waals surface area contributed by atoms with Crippen LogP contribution in [0.1, 0.15) is 13.7 Å². The number of ether oxygens (including phenoxy) is 1. The second kappa shape index (κ2) is 3.59. The number of hydrogen-bond donors (Lipinski definition) is 0. The van der Waals surface area contributed by atoms with Gasteiger partial charge in [0.2, 0.25) is 5.95 Å². The molecule has 0 aromatic carbocycles. The third-order valence-corrected chi connectivity index (χ3v) is 1.59. The molecule has 2 heterocycles. The minimum absolute atomic E-state index is 0.0706. The zero-order chi connectivity index (χ0) is 18.0. The Kier molecular flexibility index (Phi) is 0.802. The lowest BCUT2D eigenvalue weighted by molar-refractivity contribution is 0.0778. The summed E-state index contributed by atoms with van der Waals surface area (Å²) in [6, 6.07) is 0. The third kappa shape index (κ3) is 1.81. The normalized spacial score (nSPS) is 39.6. The van der Waals surface area contributed by atoms with Crippen molar-refractivity contribution in [2.45, 2.75) is 6.08 Å². The van der Waals surface area contributed by atoms with Gasteiger partial charge in [0.25, 0.3) is 0 Å². The average molecular weight is 254 g/mol. The van der Waals surface area contributed by atoms with Crippen LogP contribution >= 0.6 is 15.9 Å². The number of halogens is 1. The van der Waals surface area contributed by atoms with Crippen LogP contribution in [-0.2, 0) is 4.74 Å². The fourth-order valence-corrected chi connectivity index (χ4v) is 0.874. The van der Waals surface area contributed by atoms with Crippen LogP contribution in [-0.4, -0.2) is 36.1 Å². The molecule has 0 spiro atoms. The first-order chi connectivity index (χ1) is 10.1. The van der Waals surface area contributed by atoms with Crippen molar-refractivity contribution >= 4 is 21.9 Å². The number of anilines is 1. The molecule has 0 N–H and O–H groups in total. The Morgan fingerprint density at radius 2 is 2.54 bits per heavy atom. The molecule has 0 unspecified atom stereocenters. The van der Waals surface area contributed by atoms with Crippen molar-refractivity contribution in [2.75, 3.05) is 24.9 Å². The van der Waals surface area contributed by atoms with Crippen molar-refractivity contribution in [3.05, 3.63) is 16.8 Å². The largest absolute Gasteiger partial charge is 0.378 e. The number of nitrogens with zero attached hydrogens (tertiary/aromatic N) is 3. The summed E-state index contributed by atoms with van der Waals surface area (Å²) in [6.07, 6.45) is -4.04. The van der Waals surface area contributed by atoms with Crippen LogP contribution in [0.2, 0.25) is 0 Å². The first-order valence-electron chi connectivity index (χ1n) is 8.16. The second-order valence-corrected chi connectivity index (χ2v) is 2.84. The van der Waals surface area contributed by atoms with Gasteiger partial charge in [-0.2, -0.15) is 0 Å². The van der Waals surface area contributed by atoms with E-state index < -0.39 is 44.4 Å². The van der Waals surface area contributed by atoms with Gasteiger partial charge in [0.15, 0.2) is 0 Å². The first-order valence-corrected chi connectivity index (χ1v) is 3.96. The van der Waals surface area contributed by atoms with E-state index in [4.69, 9.17) is 13.7 Å². The zero-order valence-corrected chi connectivity index (χ0v) is 7.71. The summed E-state index contributed by atoms with van der Waals surface area (Å²) in [4.78, 5) is 7.41. The topological polar surface area (TPSA) is 38.2 Å². The van der Waals surface area contributed by atoms with E-state index in [2.05, 4.69) is 30.6 Å². The minimum atomic E-state index is -3.20. The molecule has 1 aliphatic rings. The fourth-order valence-electron chi connectivity index (χ4n) is 0.697. The molecule has 1 aromatic rings. The summed E-state index contributed by atoms with van der Waals surface area (Å²) < 4.78 is 79.4. The second-order valence-electron chi connectivity index (χ2n) is 2.05. The quantitative estimate of drug-likeness (QED) is 0.791. The molecule has 5 heteroatoms. The monoisotopic (exact) mass is 253 g/mol. The van der Waals surface area contributed by atoms with Crippen LogP contribution in [0.4, 0.5) is 5.95 Å². The molecule has 4 nitrogen and oxygen atoms in total. The molecule has 1 fully saturated rings. The molecule has 2 rings (SSSR count). The lowest BCUT2D eigenvalue weighted by atomic mass is 10.2. The van der Waals surface area contributed by atoms with Crippen molar-refractivity contribution in [3.8, 4) is 0 Å². The summed E-state index contributed by atoms with van der Waals surface area (Å²) in [5, 5.41) is 0. The van der Waals surface area contributed by atoms with E-state index in [-0.39, 0.29) is 9.37 Å². The van der Waals surface area contributed by atoms with Crippen molar-refractivity contribution in [2.24, 2.45) is 0 Å². The lowest BCUT2D eigenvalue weighted by Crippen LogP contribution is -2.52. The molecule has 1 aliphatic heterocycles. The smallest absolute Gasteiger partial charge is 0.225 e. The van der Waals surface area contributed by atoms with E-state index in [0.29, 0.717) is 0 Å². The highest BCUT2D eigenvalue weighted by Crippen LogP contribution is 2.18. The van der Waals surface area contributed by atoms with Gasteiger partial charge in [0, 0.05) is 32.4 Å². The van der Waals surface area contributed by atoms with Gasteiger partial charge in [0.1, 0.15) is 0 Å². The van der Waals surface area contributed by atoms with Crippen LogP contribution in [0.15, 0.2) is 16.8 Å². The van der Waals surface area contributed by atoms with E-state index in [1.807, 2.05) is 0 Å². The Morgan fingerprint density at radius 3 is 3.15 bits per heavy atom. The van der Waals surface area contributed by atoms with E-state index in [1.54, 1.807) is 0 Å².